The largest absolute Gasteiger partial charge is 0.507 e. The van der Waals surface area contributed by atoms with E-state index in [1.807, 2.05) is 70.2 Å². The van der Waals surface area contributed by atoms with Gasteiger partial charge in [-0.15, -0.1) is 0 Å². The van der Waals surface area contributed by atoms with Gasteiger partial charge in [-0.25, -0.2) is 0 Å². The summed E-state index contributed by atoms with van der Waals surface area (Å²) in [4.78, 5) is 27.3. The van der Waals surface area contributed by atoms with Gasteiger partial charge in [-0.2, -0.15) is 0 Å². The minimum atomic E-state index is -0.644. The molecule has 0 aromatic heterocycles. The Morgan fingerprint density at radius 3 is 2.40 bits per heavy atom. The number of rotatable bonds is 7. The van der Waals surface area contributed by atoms with E-state index in [4.69, 9.17) is 4.74 Å². The van der Waals surface area contributed by atoms with E-state index in [9.17, 15) is 14.7 Å². The maximum atomic E-state index is 12.9. The summed E-state index contributed by atoms with van der Waals surface area (Å²) in [5.74, 6) is -0.426. The molecule has 30 heavy (non-hydrogen) atoms. The second-order valence-corrected chi connectivity index (χ2v) is 7.74. The molecular formula is C25H29NO4. The van der Waals surface area contributed by atoms with Crippen molar-refractivity contribution in [3.63, 3.8) is 0 Å². The van der Waals surface area contributed by atoms with Gasteiger partial charge in [-0.05, 0) is 48.6 Å². The lowest BCUT2D eigenvalue weighted by molar-refractivity contribution is -0.139. The Hall–Kier alpha value is -3.08. The molecule has 3 rings (SSSR count). The van der Waals surface area contributed by atoms with Gasteiger partial charge >= 0.3 is 0 Å². The molecule has 1 amide bonds. The number of ketones is 1. The summed E-state index contributed by atoms with van der Waals surface area (Å²) < 4.78 is 5.71. The molecule has 0 saturated carbocycles. The Morgan fingerprint density at radius 1 is 1.10 bits per heavy atom. The molecule has 1 unspecified atom stereocenters. The predicted molar refractivity (Wildman–Crippen MR) is 117 cm³/mol. The Bertz CT molecular complexity index is 962. The van der Waals surface area contributed by atoms with Crippen molar-refractivity contribution in [1.29, 1.82) is 0 Å². The van der Waals surface area contributed by atoms with Crippen molar-refractivity contribution in [2.45, 2.75) is 46.1 Å². The van der Waals surface area contributed by atoms with Crippen LogP contribution in [0.3, 0.4) is 0 Å². The number of hydrogen-bond acceptors (Lipinski definition) is 4. The molecule has 1 fully saturated rings. The number of aliphatic hydroxyl groups excluding tert-OH is 1. The molecule has 0 radical (unpaired) electrons. The molecule has 1 aliphatic rings. The third-order valence-electron chi connectivity index (χ3n) is 5.32. The minimum Gasteiger partial charge on any atom is -0.507 e. The van der Waals surface area contributed by atoms with Crippen molar-refractivity contribution >= 4 is 17.4 Å². The zero-order valence-corrected chi connectivity index (χ0v) is 18.0. The van der Waals surface area contributed by atoms with E-state index in [1.165, 1.54) is 0 Å². The Kier molecular flexibility index (Phi) is 6.60. The van der Waals surface area contributed by atoms with Gasteiger partial charge in [0.2, 0.25) is 0 Å². The van der Waals surface area contributed by atoms with Gasteiger partial charge in [0.15, 0.2) is 0 Å². The van der Waals surface area contributed by atoms with E-state index in [0.717, 1.165) is 23.3 Å². The SMILES string of the molecule is CCCN1C(=O)C(=O)/C(=C(\O)c2ccc(OCC)c(C(C)C)c2)C1c1ccccc1. The van der Waals surface area contributed by atoms with Crippen molar-refractivity contribution < 1.29 is 19.4 Å². The van der Waals surface area contributed by atoms with Crippen LogP contribution < -0.4 is 4.74 Å². The van der Waals surface area contributed by atoms with Crippen LogP contribution in [0.15, 0.2) is 54.1 Å². The van der Waals surface area contributed by atoms with Crippen LogP contribution in [0.1, 0.15) is 62.8 Å². The number of likely N-dealkylation sites (tertiary alicyclic amines) is 1. The summed E-state index contributed by atoms with van der Waals surface area (Å²) >= 11 is 0. The van der Waals surface area contributed by atoms with Crippen LogP contribution in [0, 0.1) is 0 Å². The van der Waals surface area contributed by atoms with E-state index in [2.05, 4.69) is 0 Å². The van der Waals surface area contributed by atoms with E-state index in [1.54, 1.807) is 11.0 Å². The highest BCUT2D eigenvalue weighted by atomic mass is 16.5. The highest BCUT2D eigenvalue weighted by Gasteiger charge is 2.45. The lowest BCUT2D eigenvalue weighted by Crippen LogP contribution is -2.30. The smallest absolute Gasteiger partial charge is 0.295 e. The number of Topliss-reactive ketones (excluding diaryl/α,β-unsaturated/α-hetero) is 1. The minimum absolute atomic E-state index is 0.138. The number of carbonyl (C=O) groups is 2. The number of nitrogens with zero attached hydrogens (tertiary/aromatic N) is 1. The molecule has 1 saturated heterocycles. The van der Waals surface area contributed by atoms with Gasteiger partial charge in [0, 0.05) is 12.1 Å². The zero-order chi connectivity index (χ0) is 21.8. The van der Waals surface area contributed by atoms with Gasteiger partial charge in [0.05, 0.1) is 18.2 Å². The Balaban J connectivity index is 2.17. The number of benzene rings is 2. The number of ether oxygens (including phenoxy) is 1. The average Bonchev–Trinajstić information content (AvgIpc) is 2.99. The van der Waals surface area contributed by atoms with Gasteiger partial charge in [0.1, 0.15) is 11.5 Å². The molecular weight excluding hydrogens is 378 g/mol. The lowest BCUT2D eigenvalue weighted by atomic mass is 9.93. The third kappa shape index (κ3) is 3.97. The topological polar surface area (TPSA) is 66.8 Å². The second kappa shape index (κ2) is 9.16. The molecule has 158 valence electrons. The lowest BCUT2D eigenvalue weighted by Gasteiger charge is -2.25. The number of hydrogen-bond donors (Lipinski definition) is 1. The average molecular weight is 408 g/mol. The van der Waals surface area contributed by atoms with Crippen LogP contribution >= 0.6 is 0 Å². The molecule has 1 heterocycles. The quantitative estimate of drug-likeness (QED) is 0.397. The number of amides is 1. The van der Waals surface area contributed by atoms with E-state index in [0.29, 0.717) is 18.7 Å². The first kappa shape index (κ1) is 21.6. The highest BCUT2D eigenvalue weighted by Crippen LogP contribution is 2.40. The third-order valence-corrected chi connectivity index (χ3v) is 5.32. The Labute approximate surface area is 178 Å². The highest BCUT2D eigenvalue weighted by molar-refractivity contribution is 6.46. The first-order valence-corrected chi connectivity index (χ1v) is 10.5. The normalized spacial score (nSPS) is 18.3. The molecule has 1 atom stereocenters. The van der Waals surface area contributed by atoms with E-state index >= 15 is 0 Å². The molecule has 5 heteroatoms. The summed E-state index contributed by atoms with van der Waals surface area (Å²) in [6, 6.07) is 14.2. The fraction of sp³-hybridized carbons (Fsp3) is 0.360. The number of carbonyl (C=O) groups excluding carboxylic acids is 2. The maximum absolute atomic E-state index is 12.9. The van der Waals surface area contributed by atoms with Gasteiger partial charge < -0.3 is 14.7 Å². The fourth-order valence-electron chi connectivity index (χ4n) is 3.92. The molecule has 1 aliphatic heterocycles. The summed E-state index contributed by atoms with van der Waals surface area (Å²) in [7, 11) is 0. The van der Waals surface area contributed by atoms with Crippen LogP contribution in [-0.4, -0.2) is 34.8 Å². The van der Waals surface area contributed by atoms with Crippen molar-refractivity contribution in [1.82, 2.24) is 4.90 Å². The molecule has 2 aromatic rings. The van der Waals surface area contributed by atoms with Gasteiger partial charge in [0.25, 0.3) is 11.7 Å². The molecule has 0 bridgehead atoms. The first-order valence-electron chi connectivity index (χ1n) is 10.5. The summed E-state index contributed by atoms with van der Waals surface area (Å²) in [6.07, 6.45) is 0.719. The summed E-state index contributed by atoms with van der Waals surface area (Å²) in [5, 5.41) is 11.2. The maximum Gasteiger partial charge on any atom is 0.295 e. The predicted octanol–water partition coefficient (Wildman–Crippen LogP) is 5.04. The monoisotopic (exact) mass is 407 g/mol. The van der Waals surface area contributed by atoms with Crippen molar-refractivity contribution in [2.24, 2.45) is 0 Å². The van der Waals surface area contributed by atoms with Gasteiger partial charge in [-0.1, -0.05) is 51.1 Å². The van der Waals surface area contributed by atoms with E-state index in [-0.39, 0.29) is 17.3 Å². The van der Waals surface area contributed by atoms with Crippen LogP contribution in [0.5, 0.6) is 5.75 Å². The molecule has 1 N–H and O–H groups in total. The zero-order valence-electron chi connectivity index (χ0n) is 18.0. The summed E-state index contributed by atoms with van der Waals surface area (Å²) in [5.41, 5.74) is 2.40. The van der Waals surface area contributed by atoms with Crippen molar-refractivity contribution in [2.75, 3.05) is 13.2 Å². The first-order chi connectivity index (χ1) is 14.4. The van der Waals surface area contributed by atoms with Crippen LogP contribution in [0.2, 0.25) is 0 Å². The molecule has 0 aliphatic carbocycles. The van der Waals surface area contributed by atoms with E-state index < -0.39 is 17.7 Å². The standard InChI is InChI=1S/C25H29NO4/c1-5-14-26-22(17-10-8-7-9-11-17)21(24(28)25(26)29)23(27)18-12-13-20(30-6-2)19(15-18)16(3)4/h7-13,15-16,22,27H,5-6,14H2,1-4H3/b23-21-. The van der Waals surface area contributed by atoms with Crippen LogP contribution in [-0.2, 0) is 9.59 Å². The number of aliphatic hydroxyl groups is 1. The van der Waals surface area contributed by atoms with Crippen molar-refractivity contribution in [3.05, 3.63) is 70.8 Å². The second-order valence-electron chi connectivity index (χ2n) is 7.74. The van der Waals surface area contributed by atoms with Crippen molar-refractivity contribution in [3.8, 4) is 5.75 Å². The summed E-state index contributed by atoms with van der Waals surface area (Å²) in [6.45, 7) is 8.97. The fourth-order valence-corrected chi connectivity index (χ4v) is 3.92. The molecule has 0 spiro atoms. The Morgan fingerprint density at radius 2 is 1.80 bits per heavy atom. The van der Waals surface area contributed by atoms with Crippen LogP contribution in [0.25, 0.3) is 5.76 Å². The van der Waals surface area contributed by atoms with Gasteiger partial charge in [-0.3, -0.25) is 9.59 Å². The van der Waals surface area contributed by atoms with Crippen LogP contribution in [0.4, 0.5) is 0 Å². The molecule has 5 nitrogen and oxygen atoms in total. The molecule has 2 aromatic carbocycles.